The largest absolute Gasteiger partial charge is 0.333 e. The molecule has 3 nitrogen and oxygen atoms in total. The van der Waals surface area contributed by atoms with Crippen LogP contribution in [-0.4, -0.2) is 15.6 Å². The number of piperidine rings is 1. The van der Waals surface area contributed by atoms with Crippen molar-refractivity contribution >= 4 is 22.9 Å². The highest BCUT2D eigenvalue weighted by Crippen LogP contribution is 2.26. The van der Waals surface area contributed by atoms with Crippen LogP contribution >= 0.6 is 22.9 Å². The second kappa shape index (κ2) is 6.29. The Morgan fingerprint density at radius 2 is 2.35 bits per heavy atom. The van der Waals surface area contributed by atoms with Gasteiger partial charge in [-0.25, -0.2) is 4.98 Å². The predicted molar refractivity (Wildman–Crippen MR) is 84.4 cm³/mol. The van der Waals surface area contributed by atoms with Gasteiger partial charge in [-0.15, -0.1) is 11.3 Å². The number of imidazole rings is 1. The minimum absolute atomic E-state index is 0.452. The van der Waals surface area contributed by atoms with Gasteiger partial charge in [0.1, 0.15) is 0 Å². The van der Waals surface area contributed by atoms with E-state index < -0.39 is 0 Å². The Bertz CT molecular complexity index is 563. The van der Waals surface area contributed by atoms with E-state index in [1.807, 2.05) is 18.6 Å². The first-order valence-corrected chi connectivity index (χ1v) is 8.42. The first kappa shape index (κ1) is 14.1. The van der Waals surface area contributed by atoms with Crippen LogP contribution in [0.5, 0.6) is 0 Å². The third kappa shape index (κ3) is 3.25. The Morgan fingerprint density at radius 1 is 1.45 bits per heavy atom. The zero-order chi connectivity index (χ0) is 13.9. The second-order valence-corrected chi connectivity index (χ2v) is 7.32. The first-order valence-electron chi connectivity index (χ1n) is 7.22. The molecular formula is C15H20ClN3S. The van der Waals surface area contributed by atoms with Gasteiger partial charge in [-0.05, 0) is 44.7 Å². The molecule has 108 valence electrons. The summed E-state index contributed by atoms with van der Waals surface area (Å²) in [7, 11) is 0. The normalized spacial score (nSPS) is 23.1. The van der Waals surface area contributed by atoms with Crippen molar-refractivity contribution in [2.75, 3.05) is 0 Å². The molecule has 0 bridgehead atoms. The number of hydrogen-bond acceptors (Lipinski definition) is 3. The smallest absolute Gasteiger partial charge is 0.0948 e. The molecule has 3 heterocycles. The minimum atomic E-state index is 0.452. The van der Waals surface area contributed by atoms with Gasteiger partial charge in [0.15, 0.2) is 0 Å². The molecule has 0 radical (unpaired) electrons. The summed E-state index contributed by atoms with van der Waals surface area (Å²) in [4.78, 5) is 5.67. The van der Waals surface area contributed by atoms with Crippen LogP contribution in [0.1, 0.15) is 42.8 Å². The Balaban J connectivity index is 1.67. The van der Waals surface area contributed by atoms with Gasteiger partial charge < -0.3 is 9.88 Å². The van der Waals surface area contributed by atoms with Crippen molar-refractivity contribution in [1.29, 1.82) is 0 Å². The van der Waals surface area contributed by atoms with E-state index in [2.05, 4.69) is 27.9 Å². The summed E-state index contributed by atoms with van der Waals surface area (Å²) < 4.78 is 3.15. The van der Waals surface area contributed by atoms with Crippen molar-refractivity contribution in [3.63, 3.8) is 0 Å². The van der Waals surface area contributed by atoms with Crippen LogP contribution in [0.3, 0.4) is 0 Å². The zero-order valence-corrected chi connectivity index (χ0v) is 13.3. The molecule has 1 aliphatic heterocycles. The van der Waals surface area contributed by atoms with E-state index in [9.17, 15) is 0 Å². The van der Waals surface area contributed by atoms with E-state index >= 15 is 0 Å². The van der Waals surface area contributed by atoms with E-state index in [0.717, 1.165) is 17.3 Å². The molecule has 1 aliphatic rings. The Kier molecular flexibility index (Phi) is 4.44. The quantitative estimate of drug-likeness (QED) is 0.923. The highest BCUT2D eigenvalue weighted by atomic mass is 35.5. The average molecular weight is 310 g/mol. The van der Waals surface area contributed by atoms with E-state index in [4.69, 9.17) is 11.6 Å². The van der Waals surface area contributed by atoms with E-state index in [1.54, 1.807) is 11.3 Å². The molecule has 1 saturated heterocycles. The summed E-state index contributed by atoms with van der Waals surface area (Å²) >= 11 is 7.65. The number of aromatic nitrogens is 2. The van der Waals surface area contributed by atoms with Crippen LogP contribution in [0.15, 0.2) is 24.7 Å². The summed E-state index contributed by atoms with van der Waals surface area (Å²) in [6.07, 6.45) is 8.76. The minimum Gasteiger partial charge on any atom is -0.333 e. The summed E-state index contributed by atoms with van der Waals surface area (Å²) in [6, 6.07) is 5.15. The maximum absolute atomic E-state index is 5.98. The van der Waals surface area contributed by atoms with Crippen molar-refractivity contribution in [3.05, 3.63) is 39.6 Å². The molecule has 5 heteroatoms. The third-order valence-corrected chi connectivity index (χ3v) is 5.24. The number of nitrogens with zero attached hydrogens (tertiary/aromatic N) is 2. The lowest BCUT2D eigenvalue weighted by Gasteiger charge is -2.29. The average Bonchev–Trinajstić information content (AvgIpc) is 3.05. The van der Waals surface area contributed by atoms with E-state index in [0.29, 0.717) is 12.1 Å². The zero-order valence-electron chi connectivity index (χ0n) is 11.7. The van der Waals surface area contributed by atoms with Gasteiger partial charge in [-0.2, -0.15) is 0 Å². The van der Waals surface area contributed by atoms with Gasteiger partial charge in [0, 0.05) is 29.7 Å². The summed E-state index contributed by atoms with van der Waals surface area (Å²) in [5.74, 6) is 0. The van der Waals surface area contributed by atoms with Gasteiger partial charge in [-0.3, -0.25) is 0 Å². The topological polar surface area (TPSA) is 29.9 Å². The van der Waals surface area contributed by atoms with Crippen molar-refractivity contribution < 1.29 is 0 Å². The lowest BCUT2D eigenvalue weighted by atomic mass is 9.97. The van der Waals surface area contributed by atoms with Gasteiger partial charge in [0.2, 0.25) is 0 Å². The molecule has 2 aromatic heterocycles. The lowest BCUT2D eigenvalue weighted by molar-refractivity contribution is 0.329. The number of hydrogen-bond donors (Lipinski definition) is 1. The number of nitrogens with one attached hydrogen (secondary N) is 1. The van der Waals surface area contributed by atoms with Crippen LogP contribution in [0.25, 0.3) is 0 Å². The lowest BCUT2D eigenvalue weighted by Crippen LogP contribution is -2.35. The molecule has 1 N–H and O–H groups in total. The van der Waals surface area contributed by atoms with Gasteiger partial charge in [-0.1, -0.05) is 11.6 Å². The van der Waals surface area contributed by atoms with Crippen LogP contribution in [0, 0.1) is 0 Å². The fourth-order valence-corrected chi connectivity index (χ4v) is 3.97. The Hall–Kier alpha value is -0.840. The molecule has 1 fully saturated rings. The van der Waals surface area contributed by atoms with Gasteiger partial charge in [0.25, 0.3) is 0 Å². The summed E-state index contributed by atoms with van der Waals surface area (Å²) in [5.41, 5.74) is 1.32. The van der Waals surface area contributed by atoms with Crippen LogP contribution in [0.2, 0.25) is 4.34 Å². The number of aryl methyl sites for hydroxylation is 2. The molecule has 2 aromatic rings. The van der Waals surface area contributed by atoms with E-state index in [-0.39, 0.29) is 0 Å². The maximum Gasteiger partial charge on any atom is 0.0948 e. The molecule has 20 heavy (non-hydrogen) atoms. The highest BCUT2D eigenvalue weighted by molar-refractivity contribution is 7.16. The van der Waals surface area contributed by atoms with Gasteiger partial charge >= 0.3 is 0 Å². The predicted octanol–water partition coefficient (Wildman–Crippen LogP) is 4.04. The first-order chi connectivity index (χ1) is 9.72. The number of rotatable bonds is 4. The molecule has 0 spiro atoms. The van der Waals surface area contributed by atoms with Crippen LogP contribution < -0.4 is 5.32 Å². The molecule has 0 aromatic carbocycles. The molecule has 2 unspecified atom stereocenters. The Labute approximate surface area is 129 Å². The fraction of sp³-hybridized carbons (Fsp3) is 0.533. The van der Waals surface area contributed by atoms with Crippen molar-refractivity contribution in [2.45, 2.75) is 51.2 Å². The molecule has 0 aliphatic carbocycles. The molecule has 0 amide bonds. The maximum atomic E-state index is 5.98. The Morgan fingerprint density at radius 3 is 3.10 bits per heavy atom. The van der Waals surface area contributed by atoms with Crippen molar-refractivity contribution in [2.24, 2.45) is 0 Å². The molecular weight excluding hydrogens is 290 g/mol. The van der Waals surface area contributed by atoms with Gasteiger partial charge in [0.05, 0.1) is 16.4 Å². The van der Waals surface area contributed by atoms with Crippen molar-refractivity contribution in [3.8, 4) is 0 Å². The molecule has 0 saturated carbocycles. The van der Waals surface area contributed by atoms with E-state index in [1.165, 1.54) is 29.8 Å². The van der Waals surface area contributed by atoms with Crippen LogP contribution in [0.4, 0.5) is 0 Å². The highest BCUT2D eigenvalue weighted by Gasteiger charge is 2.21. The summed E-state index contributed by atoms with van der Waals surface area (Å²) in [5, 5.41) is 3.68. The SMILES string of the molecule is CC1CCCC(c2cncn2CCc2ccc(Cl)s2)N1. The number of thiophene rings is 1. The standard InChI is InChI=1S/C15H20ClN3S/c1-11-3-2-4-13(18-11)14-9-17-10-19(14)8-7-12-5-6-15(16)20-12/h5-6,9-11,13,18H,2-4,7-8H2,1H3. The third-order valence-electron chi connectivity index (χ3n) is 3.95. The second-order valence-electron chi connectivity index (χ2n) is 5.52. The molecule has 3 rings (SSSR count). The monoisotopic (exact) mass is 309 g/mol. The summed E-state index contributed by atoms with van der Waals surface area (Å²) in [6.45, 7) is 3.24. The van der Waals surface area contributed by atoms with Crippen molar-refractivity contribution in [1.82, 2.24) is 14.9 Å². The molecule has 2 atom stereocenters. The number of halogens is 1. The fourth-order valence-electron chi connectivity index (χ4n) is 2.90. The van der Waals surface area contributed by atoms with Crippen LogP contribution in [-0.2, 0) is 13.0 Å².